The van der Waals surface area contributed by atoms with Crippen LogP contribution in [0.25, 0.3) is 0 Å². The summed E-state index contributed by atoms with van der Waals surface area (Å²) in [6.07, 6.45) is 0. The van der Waals surface area contributed by atoms with Gasteiger partial charge in [-0.25, -0.2) is 0 Å². The van der Waals surface area contributed by atoms with Crippen LogP contribution in [0, 0.1) is 13.8 Å². The zero-order valence-electron chi connectivity index (χ0n) is 12.3. The third-order valence-electron chi connectivity index (χ3n) is 3.21. The number of carbonyl (C=O) groups excluding carboxylic acids is 1. The van der Waals surface area contributed by atoms with E-state index in [1.807, 2.05) is 26.0 Å². The Morgan fingerprint density at radius 2 is 1.90 bits per heavy atom. The number of Topliss-reactive ketones (excluding diaryl/α,β-unsaturated/α-hetero) is 1. The number of hydrogen-bond acceptors (Lipinski definition) is 3. The number of halogens is 1. The number of rotatable bonds is 5. The molecule has 0 aliphatic rings. The second-order valence-corrected chi connectivity index (χ2v) is 5.24. The number of aryl methyl sites for hydroxylation is 2. The van der Waals surface area contributed by atoms with Crippen LogP contribution in [0.3, 0.4) is 0 Å². The Bertz CT molecular complexity index is 665. The Kier molecular flexibility index (Phi) is 4.86. The molecule has 0 N–H and O–H groups in total. The molecule has 0 unspecified atom stereocenters. The molecule has 0 saturated heterocycles. The van der Waals surface area contributed by atoms with E-state index in [0.29, 0.717) is 16.3 Å². The largest absolute Gasteiger partial charge is 0.496 e. The number of carbonyl (C=O) groups is 1. The molecule has 21 heavy (non-hydrogen) atoms. The van der Waals surface area contributed by atoms with Crippen LogP contribution in [-0.4, -0.2) is 19.5 Å². The maximum atomic E-state index is 12.3. The highest BCUT2D eigenvalue weighted by molar-refractivity contribution is 6.30. The fourth-order valence-corrected chi connectivity index (χ4v) is 2.27. The van der Waals surface area contributed by atoms with E-state index in [0.717, 1.165) is 16.9 Å². The monoisotopic (exact) mass is 304 g/mol. The van der Waals surface area contributed by atoms with Crippen molar-refractivity contribution in [1.29, 1.82) is 0 Å². The molecule has 0 aromatic heterocycles. The normalized spacial score (nSPS) is 10.3. The van der Waals surface area contributed by atoms with Crippen LogP contribution in [0.15, 0.2) is 36.4 Å². The van der Waals surface area contributed by atoms with Crippen molar-refractivity contribution in [3.63, 3.8) is 0 Å². The third-order valence-corrected chi connectivity index (χ3v) is 3.44. The number of ketones is 1. The molecule has 2 aromatic rings. The van der Waals surface area contributed by atoms with Crippen molar-refractivity contribution in [2.45, 2.75) is 13.8 Å². The molecule has 2 aromatic carbocycles. The first kappa shape index (κ1) is 15.4. The SMILES string of the molecule is COc1cc(C)c(C(=O)COc2cccc(Cl)c2)cc1C. The first-order valence-corrected chi connectivity index (χ1v) is 6.96. The van der Waals surface area contributed by atoms with Crippen molar-refractivity contribution in [3.05, 3.63) is 58.1 Å². The smallest absolute Gasteiger partial charge is 0.200 e. The molecule has 2 rings (SSSR count). The minimum atomic E-state index is -0.0711. The quantitative estimate of drug-likeness (QED) is 0.776. The van der Waals surface area contributed by atoms with Crippen LogP contribution in [0.4, 0.5) is 0 Å². The zero-order valence-corrected chi connectivity index (χ0v) is 13.0. The van der Waals surface area contributed by atoms with Gasteiger partial charge in [-0.3, -0.25) is 4.79 Å². The summed E-state index contributed by atoms with van der Waals surface area (Å²) >= 11 is 5.88. The summed E-state index contributed by atoms with van der Waals surface area (Å²) < 4.78 is 10.7. The van der Waals surface area contributed by atoms with Crippen LogP contribution in [-0.2, 0) is 0 Å². The highest BCUT2D eigenvalue weighted by Crippen LogP contribution is 2.23. The van der Waals surface area contributed by atoms with E-state index >= 15 is 0 Å². The molecule has 0 amide bonds. The van der Waals surface area contributed by atoms with Gasteiger partial charge in [0.15, 0.2) is 12.4 Å². The van der Waals surface area contributed by atoms with Gasteiger partial charge < -0.3 is 9.47 Å². The molecule has 0 spiro atoms. The number of ether oxygens (including phenoxy) is 2. The maximum absolute atomic E-state index is 12.3. The molecule has 0 radical (unpaired) electrons. The molecule has 0 bridgehead atoms. The van der Waals surface area contributed by atoms with E-state index < -0.39 is 0 Å². The van der Waals surface area contributed by atoms with Gasteiger partial charge in [-0.15, -0.1) is 0 Å². The van der Waals surface area contributed by atoms with E-state index in [1.165, 1.54) is 0 Å². The van der Waals surface area contributed by atoms with Crippen molar-refractivity contribution in [2.24, 2.45) is 0 Å². The van der Waals surface area contributed by atoms with Gasteiger partial charge in [0.2, 0.25) is 0 Å². The summed E-state index contributed by atoms with van der Waals surface area (Å²) in [6.45, 7) is 3.77. The molecule has 4 heteroatoms. The summed E-state index contributed by atoms with van der Waals surface area (Å²) in [5.74, 6) is 1.29. The van der Waals surface area contributed by atoms with Crippen LogP contribution in [0.1, 0.15) is 21.5 Å². The number of methoxy groups -OCH3 is 1. The second kappa shape index (κ2) is 6.64. The van der Waals surface area contributed by atoms with Gasteiger partial charge in [0, 0.05) is 10.6 Å². The Morgan fingerprint density at radius 3 is 2.57 bits per heavy atom. The predicted molar refractivity (Wildman–Crippen MR) is 83.7 cm³/mol. The van der Waals surface area contributed by atoms with Gasteiger partial charge in [-0.1, -0.05) is 17.7 Å². The zero-order chi connectivity index (χ0) is 15.4. The lowest BCUT2D eigenvalue weighted by atomic mass is 10.0. The standard InChI is InChI=1S/C17H17ClO3/c1-11-8-17(20-3)12(2)7-15(11)16(19)10-21-14-6-4-5-13(18)9-14/h4-9H,10H2,1-3H3. The van der Waals surface area contributed by atoms with E-state index in [9.17, 15) is 4.79 Å². The number of benzene rings is 2. The molecule has 110 valence electrons. The van der Waals surface area contributed by atoms with E-state index in [-0.39, 0.29) is 12.4 Å². The lowest BCUT2D eigenvalue weighted by Crippen LogP contribution is -2.13. The van der Waals surface area contributed by atoms with Gasteiger partial charge >= 0.3 is 0 Å². The predicted octanol–water partition coefficient (Wildman–Crippen LogP) is 4.23. The van der Waals surface area contributed by atoms with Gasteiger partial charge in [0.1, 0.15) is 11.5 Å². The topological polar surface area (TPSA) is 35.5 Å². The lowest BCUT2D eigenvalue weighted by molar-refractivity contribution is 0.0921. The van der Waals surface area contributed by atoms with E-state index in [2.05, 4.69) is 0 Å². The average molecular weight is 305 g/mol. The van der Waals surface area contributed by atoms with E-state index in [1.54, 1.807) is 31.4 Å². The molecule has 0 aliphatic carbocycles. The lowest BCUT2D eigenvalue weighted by Gasteiger charge is -2.11. The van der Waals surface area contributed by atoms with Gasteiger partial charge in [0.05, 0.1) is 7.11 Å². The van der Waals surface area contributed by atoms with Gasteiger partial charge in [-0.2, -0.15) is 0 Å². The molecule has 0 saturated carbocycles. The fraction of sp³-hybridized carbons (Fsp3) is 0.235. The van der Waals surface area contributed by atoms with Gasteiger partial charge in [0.25, 0.3) is 0 Å². The van der Waals surface area contributed by atoms with Crippen molar-refractivity contribution < 1.29 is 14.3 Å². The molecular formula is C17H17ClO3. The molecule has 0 heterocycles. The molecule has 0 atom stereocenters. The Morgan fingerprint density at radius 1 is 1.14 bits per heavy atom. The van der Waals surface area contributed by atoms with Crippen molar-refractivity contribution in [2.75, 3.05) is 13.7 Å². The van der Waals surface area contributed by atoms with Crippen molar-refractivity contribution >= 4 is 17.4 Å². The fourth-order valence-electron chi connectivity index (χ4n) is 2.09. The van der Waals surface area contributed by atoms with Crippen molar-refractivity contribution in [1.82, 2.24) is 0 Å². The highest BCUT2D eigenvalue weighted by atomic mass is 35.5. The minimum Gasteiger partial charge on any atom is -0.496 e. The first-order chi connectivity index (χ1) is 10.0. The second-order valence-electron chi connectivity index (χ2n) is 4.81. The Balaban J connectivity index is 2.12. The maximum Gasteiger partial charge on any atom is 0.200 e. The summed E-state index contributed by atoms with van der Waals surface area (Å²) in [5, 5.41) is 0.580. The van der Waals surface area contributed by atoms with Crippen LogP contribution in [0.2, 0.25) is 5.02 Å². The van der Waals surface area contributed by atoms with Crippen LogP contribution < -0.4 is 9.47 Å². The number of hydrogen-bond donors (Lipinski definition) is 0. The summed E-state index contributed by atoms with van der Waals surface area (Å²) in [6, 6.07) is 10.7. The van der Waals surface area contributed by atoms with Gasteiger partial charge in [-0.05, 0) is 55.3 Å². The molecule has 0 aliphatic heterocycles. The third kappa shape index (κ3) is 3.76. The molecule has 3 nitrogen and oxygen atoms in total. The summed E-state index contributed by atoms with van der Waals surface area (Å²) in [5.41, 5.74) is 2.45. The summed E-state index contributed by atoms with van der Waals surface area (Å²) in [4.78, 5) is 12.3. The van der Waals surface area contributed by atoms with Crippen molar-refractivity contribution in [3.8, 4) is 11.5 Å². The summed E-state index contributed by atoms with van der Waals surface area (Å²) in [7, 11) is 1.62. The molecule has 0 fully saturated rings. The average Bonchev–Trinajstić information content (AvgIpc) is 2.46. The Labute approximate surface area is 129 Å². The van der Waals surface area contributed by atoms with Crippen LogP contribution in [0.5, 0.6) is 11.5 Å². The molecular weight excluding hydrogens is 288 g/mol. The Hall–Kier alpha value is -2.00. The minimum absolute atomic E-state index is 0.0209. The van der Waals surface area contributed by atoms with E-state index in [4.69, 9.17) is 21.1 Å². The first-order valence-electron chi connectivity index (χ1n) is 6.58. The van der Waals surface area contributed by atoms with Crippen LogP contribution >= 0.6 is 11.6 Å². The highest BCUT2D eigenvalue weighted by Gasteiger charge is 2.13.